The van der Waals surface area contributed by atoms with E-state index < -0.39 is 0 Å². The third-order valence-corrected chi connectivity index (χ3v) is 24.8. The molecule has 0 saturated heterocycles. The van der Waals surface area contributed by atoms with E-state index in [9.17, 15) is 0 Å². The molecule has 20 aromatic rings. The smallest absolute Gasteiger partial charge is 0.160 e. The van der Waals surface area contributed by atoms with Crippen molar-refractivity contribution in [3.05, 3.63) is 375 Å². The molecule has 0 spiro atoms. The number of benzene rings is 16. The van der Waals surface area contributed by atoms with Crippen molar-refractivity contribution in [1.82, 2.24) is 19.9 Å². The molecule has 0 saturated carbocycles. The molecule has 0 radical (unpaired) electrons. The Labute approximate surface area is 640 Å². The van der Waals surface area contributed by atoms with Crippen molar-refractivity contribution in [3.63, 3.8) is 0 Å². The predicted octanol–water partition coefficient (Wildman–Crippen LogP) is 28.6. The molecule has 21 rings (SSSR count). The van der Waals surface area contributed by atoms with Crippen LogP contribution < -0.4 is 0 Å². The van der Waals surface area contributed by atoms with E-state index in [1.54, 1.807) is 0 Å². The molecule has 1 aliphatic carbocycles. The molecule has 1 aliphatic rings. The molecular weight excluding hydrogens is 1360 g/mol. The SMILES string of the molecule is CC1(C)c2cc(-c3cc(-c4ccc(-c5ccc(-c6cccc7c6sc6ccccc67)cc5)cc4)nc(-c4ccccc4)n3)ccc2-c2cccc(-c3cccc4c3sc3cccc(-c5ccc(-c6ccc(-c7cc(-c8ccc(-c9cc%10ccccc%10c%10ccccc9%10)cc8)nc(-c8ccccc8)n7)cc6)cc5)c34)c21. The normalized spacial score (nSPS) is 12.4. The van der Waals surface area contributed by atoms with Crippen LogP contribution in [0.5, 0.6) is 0 Å². The quantitative estimate of drug-likeness (QED) is 0.114. The lowest BCUT2D eigenvalue weighted by Gasteiger charge is -2.25. The number of fused-ring (bicyclic) bond motifs is 12. The Kier molecular flexibility index (Phi) is 15.3. The number of hydrogen-bond acceptors (Lipinski definition) is 6. The first-order valence-corrected chi connectivity index (χ1v) is 38.8. The molecular formula is C103H66N4S2. The second-order valence-corrected chi connectivity index (χ2v) is 31.2. The van der Waals surface area contributed by atoms with Crippen LogP contribution in [-0.2, 0) is 5.41 Å². The average molecular weight is 1420 g/mol. The summed E-state index contributed by atoms with van der Waals surface area (Å²) in [5, 5.41) is 10.2. The van der Waals surface area contributed by atoms with Crippen LogP contribution in [0.1, 0.15) is 25.0 Å². The summed E-state index contributed by atoms with van der Waals surface area (Å²) in [7, 11) is 0. The van der Waals surface area contributed by atoms with Gasteiger partial charge < -0.3 is 0 Å². The van der Waals surface area contributed by atoms with Crippen molar-refractivity contribution in [1.29, 1.82) is 0 Å². The first-order valence-electron chi connectivity index (χ1n) is 37.2. The molecule has 0 amide bonds. The zero-order valence-corrected chi connectivity index (χ0v) is 61.4. The zero-order chi connectivity index (χ0) is 72.3. The van der Waals surface area contributed by atoms with Gasteiger partial charge in [-0.2, -0.15) is 0 Å². The third kappa shape index (κ3) is 11.1. The second-order valence-electron chi connectivity index (χ2n) is 29.1. The van der Waals surface area contributed by atoms with Gasteiger partial charge in [0.05, 0.1) is 22.8 Å². The second kappa shape index (κ2) is 26.0. The van der Waals surface area contributed by atoms with Crippen LogP contribution in [0.25, 0.3) is 208 Å². The van der Waals surface area contributed by atoms with Gasteiger partial charge in [0.2, 0.25) is 0 Å². The Bertz CT molecular complexity index is 7000. The largest absolute Gasteiger partial charge is 0.228 e. The number of thiophene rings is 2. The molecule has 16 aromatic carbocycles. The monoisotopic (exact) mass is 1420 g/mol. The summed E-state index contributed by atoms with van der Waals surface area (Å²) in [5.74, 6) is 1.39. The Morgan fingerprint density at radius 2 is 0.606 bits per heavy atom. The topological polar surface area (TPSA) is 51.6 Å². The lowest BCUT2D eigenvalue weighted by atomic mass is 9.78. The summed E-state index contributed by atoms with van der Waals surface area (Å²) in [6.45, 7) is 4.80. The Morgan fingerprint density at radius 3 is 1.20 bits per heavy atom. The van der Waals surface area contributed by atoms with Crippen molar-refractivity contribution < 1.29 is 0 Å². The molecule has 0 unspecified atom stereocenters. The number of rotatable bonds is 12. The standard InChI is InChI=1S/C103H66N4S2/c1-103(2)90-60-76(94-62-93(106-102(107-94)74-21-7-4-8-22-74)71-53-43-66(44-54-71)64-39-47-68(48-40-64)79-29-15-32-86-83-27-13-14-35-95(83)108-99(79)86)57-58-82(90)84-30-16-31-85(98(84)103)87-33-17-34-88-97-78(28-18-36-96(97)109-100(87)88)67-45-37-63(38-46-67)65-41-51-70(52-42-65)91-61-92(105-101(104-91)73-19-5-3-6-20-73)72-55-49-69(50-56-72)89-59-75-23-9-10-24-77(75)80-25-11-12-26-81(80)89/h3-62H,1-2H3. The predicted molar refractivity (Wildman–Crippen MR) is 461 cm³/mol. The van der Waals surface area contributed by atoms with Crippen molar-refractivity contribution in [2.75, 3.05) is 0 Å². The van der Waals surface area contributed by atoms with Gasteiger partial charge in [-0.25, -0.2) is 19.9 Å². The molecule has 0 N–H and O–H groups in total. The first kappa shape index (κ1) is 64.1. The van der Waals surface area contributed by atoms with E-state index in [1.165, 1.54) is 134 Å². The highest BCUT2D eigenvalue weighted by Crippen LogP contribution is 2.55. The fourth-order valence-corrected chi connectivity index (χ4v) is 19.4. The lowest BCUT2D eigenvalue weighted by molar-refractivity contribution is 0.662. The van der Waals surface area contributed by atoms with E-state index in [0.29, 0.717) is 11.6 Å². The van der Waals surface area contributed by atoms with Gasteiger partial charge in [0.25, 0.3) is 0 Å². The van der Waals surface area contributed by atoms with Gasteiger partial charge in [-0.3, -0.25) is 0 Å². The maximum absolute atomic E-state index is 5.35. The lowest BCUT2D eigenvalue weighted by Crippen LogP contribution is -2.16. The van der Waals surface area contributed by atoms with Gasteiger partial charge in [0.15, 0.2) is 11.6 Å². The van der Waals surface area contributed by atoms with Crippen LogP contribution >= 0.6 is 22.7 Å². The van der Waals surface area contributed by atoms with Crippen LogP contribution in [0.2, 0.25) is 0 Å². The summed E-state index contributed by atoms with van der Waals surface area (Å²) in [4.78, 5) is 21.0. The highest BCUT2D eigenvalue weighted by Gasteiger charge is 2.38. The van der Waals surface area contributed by atoms with Gasteiger partial charge >= 0.3 is 0 Å². The Hall–Kier alpha value is -13.4. The van der Waals surface area contributed by atoms with Gasteiger partial charge in [-0.15, -0.1) is 22.7 Å². The fraction of sp³-hybridized carbons (Fsp3) is 0.0291. The van der Waals surface area contributed by atoms with E-state index in [4.69, 9.17) is 19.9 Å². The first-order chi connectivity index (χ1) is 53.7. The number of nitrogens with zero attached hydrogens (tertiary/aromatic N) is 4. The van der Waals surface area contributed by atoms with Gasteiger partial charge in [-0.1, -0.05) is 341 Å². The van der Waals surface area contributed by atoms with Crippen molar-refractivity contribution in [2.45, 2.75) is 19.3 Å². The van der Waals surface area contributed by atoms with Gasteiger partial charge in [0.1, 0.15) is 0 Å². The van der Waals surface area contributed by atoms with E-state index >= 15 is 0 Å². The molecule has 109 heavy (non-hydrogen) atoms. The van der Waals surface area contributed by atoms with Crippen LogP contribution in [0.3, 0.4) is 0 Å². The Morgan fingerprint density at radius 1 is 0.220 bits per heavy atom. The number of hydrogen-bond donors (Lipinski definition) is 0. The minimum atomic E-state index is -0.336. The van der Waals surface area contributed by atoms with E-state index in [1.807, 2.05) is 46.9 Å². The highest BCUT2D eigenvalue weighted by molar-refractivity contribution is 7.26. The summed E-state index contributed by atoms with van der Waals surface area (Å²) < 4.78 is 5.21. The fourth-order valence-electron chi connectivity index (χ4n) is 16.9. The zero-order valence-electron chi connectivity index (χ0n) is 59.7. The molecule has 0 aliphatic heterocycles. The third-order valence-electron chi connectivity index (χ3n) is 22.4. The molecule has 0 fully saturated rings. The average Bonchev–Trinajstić information content (AvgIpc) is 1.56. The molecule has 510 valence electrons. The molecule has 4 aromatic heterocycles. The highest BCUT2D eigenvalue weighted by atomic mass is 32.1. The van der Waals surface area contributed by atoms with Crippen LogP contribution in [0, 0.1) is 0 Å². The minimum absolute atomic E-state index is 0.336. The van der Waals surface area contributed by atoms with Crippen molar-refractivity contribution >= 4 is 84.6 Å². The minimum Gasteiger partial charge on any atom is -0.228 e. The van der Waals surface area contributed by atoms with E-state index in [-0.39, 0.29) is 5.41 Å². The summed E-state index contributed by atoms with van der Waals surface area (Å²) in [6, 6.07) is 132. The summed E-state index contributed by atoms with van der Waals surface area (Å²) in [5.41, 5.74) is 28.9. The van der Waals surface area contributed by atoms with Gasteiger partial charge in [0, 0.05) is 79.1 Å². The summed E-state index contributed by atoms with van der Waals surface area (Å²) >= 11 is 3.77. The number of aromatic nitrogens is 4. The maximum Gasteiger partial charge on any atom is 0.160 e. The molecule has 4 nitrogen and oxygen atoms in total. The molecule has 4 heterocycles. The van der Waals surface area contributed by atoms with E-state index in [0.717, 1.165) is 72.8 Å². The Balaban J connectivity index is 0.559. The van der Waals surface area contributed by atoms with Crippen LogP contribution in [0.4, 0.5) is 0 Å². The van der Waals surface area contributed by atoms with Crippen LogP contribution in [0.15, 0.2) is 364 Å². The van der Waals surface area contributed by atoms with Crippen molar-refractivity contribution in [3.8, 4) is 146 Å². The van der Waals surface area contributed by atoms with E-state index in [2.05, 4.69) is 354 Å². The van der Waals surface area contributed by atoms with Gasteiger partial charge in [-0.05, 0) is 147 Å². The molecule has 0 bridgehead atoms. The molecule has 0 atom stereocenters. The van der Waals surface area contributed by atoms with Crippen LogP contribution in [-0.4, -0.2) is 19.9 Å². The molecule has 6 heteroatoms. The maximum atomic E-state index is 5.35. The summed E-state index contributed by atoms with van der Waals surface area (Å²) in [6.07, 6.45) is 0. The van der Waals surface area contributed by atoms with Crippen molar-refractivity contribution in [2.24, 2.45) is 0 Å².